The average Bonchev–Trinajstić information content (AvgIpc) is 3.00. The number of allylic oxidation sites excluding steroid dienone is 6. The van der Waals surface area contributed by atoms with E-state index in [1.807, 2.05) is 54.6 Å². The van der Waals surface area contributed by atoms with Crippen molar-refractivity contribution in [3.8, 4) is 11.5 Å². The lowest BCUT2D eigenvalue weighted by molar-refractivity contribution is -0.111. The molecule has 0 spiro atoms. The number of aromatic nitrogens is 1. The molecule has 0 aliphatic heterocycles. The van der Waals surface area contributed by atoms with Gasteiger partial charge in [0.25, 0.3) is 5.56 Å². The van der Waals surface area contributed by atoms with Gasteiger partial charge in [0.1, 0.15) is 13.2 Å². The molecule has 1 amide bonds. The summed E-state index contributed by atoms with van der Waals surface area (Å²) in [5, 5.41) is 3.63. The van der Waals surface area contributed by atoms with Crippen LogP contribution in [-0.2, 0) is 11.8 Å². The minimum atomic E-state index is -0.301. The number of carbonyl (C=O) groups is 1. The molecule has 0 saturated carbocycles. The molecule has 3 rings (SSSR count). The maximum atomic E-state index is 13.6. The van der Waals surface area contributed by atoms with Crippen LogP contribution in [-0.4, -0.2) is 23.7 Å². The summed E-state index contributed by atoms with van der Waals surface area (Å²) in [6.45, 7) is 13.1. The van der Waals surface area contributed by atoms with Crippen molar-refractivity contribution < 1.29 is 14.3 Å². The summed E-state index contributed by atoms with van der Waals surface area (Å²) >= 11 is 0. The normalized spacial score (nSPS) is 11.9. The number of amides is 1. The van der Waals surface area contributed by atoms with Crippen LogP contribution in [0.4, 0.5) is 5.69 Å². The Morgan fingerprint density at radius 2 is 1.36 bits per heavy atom. The number of benzene rings is 2. The third-order valence-corrected chi connectivity index (χ3v) is 7.30. The largest absolute Gasteiger partial charge is 0.485 e. The molecule has 2 aromatic carbocycles. The highest BCUT2D eigenvalue weighted by Crippen LogP contribution is 2.34. The molecule has 0 fully saturated rings. The van der Waals surface area contributed by atoms with Gasteiger partial charge < -0.3 is 19.4 Å². The van der Waals surface area contributed by atoms with E-state index in [0.29, 0.717) is 23.6 Å². The van der Waals surface area contributed by atoms with Crippen LogP contribution >= 0.6 is 0 Å². The number of aryl methyl sites for hydroxylation is 1. The third-order valence-electron chi connectivity index (χ3n) is 7.30. The van der Waals surface area contributed by atoms with Crippen LogP contribution in [0.5, 0.6) is 11.5 Å². The fourth-order valence-electron chi connectivity index (χ4n) is 4.67. The van der Waals surface area contributed by atoms with E-state index in [1.54, 1.807) is 23.8 Å². The highest BCUT2D eigenvalue weighted by Gasteiger charge is 2.19. The Bertz CT molecular complexity index is 1660. The number of nitrogens with one attached hydrogen (secondary N) is 1. The second-order valence-electron chi connectivity index (χ2n) is 11.9. The SMILES string of the molecule is CC(C)=CCCC(C)=CCOc1c(OCC=C(C)CCC=C(C)C)c2ccc(NC(=O)C=Cc3ccccc3)cc2n(C)c1=O. The maximum absolute atomic E-state index is 13.6. The minimum absolute atomic E-state index is 0.177. The highest BCUT2D eigenvalue weighted by atomic mass is 16.5. The van der Waals surface area contributed by atoms with Crippen molar-refractivity contribution in [2.45, 2.75) is 67.2 Å². The highest BCUT2D eigenvalue weighted by molar-refractivity contribution is 6.03. The van der Waals surface area contributed by atoms with Crippen LogP contribution in [0.15, 0.2) is 106 Å². The van der Waals surface area contributed by atoms with Crippen molar-refractivity contribution in [1.29, 1.82) is 0 Å². The summed E-state index contributed by atoms with van der Waals surface area (Å²) in [7, 11) is 1.70. The first kappa shape index (κ1) is 34.9. The summed E-state index contributed by atoms with van der Waals surface area (Å²) in [4.78, 5) is 26.3. The van der Waals surface area contributed by atoms with Gasteiger partial charge in [-0.05, 0) is 109 Å². The van der Waals surface area contributed by atoms with Crippen LogP contribution in [0.1, 0.15) is 72.8 Å². The zero-order valence-electron chi connectivity index (χ0n) is 27.9. The quantitative estimate of drug-likeness (QED) is 0.138. The molecular weight excluding hydrogens is 560 g/mol. The van der Waals surface area contributed by atoms with E-state index in [-0.39, 0.29) is 23.8 Å². The third kappa shape index (κ3) is 11.5. The van der Waals surface area contributed by atoms with Gasteiger partial charge in [-0.15, -0.1) is 0 Å². The fourth-order valence-corrected chi connectivity index (χ4v) is 4.67. The Hall–Kier alpha value is -4.58. The van der Waals surface area contributed by atoms with Gasteiger partial charge in [-0.1, -0.05) is 64.8 Å². The molecule has 3 aromatic rings. The fraction of sp³-hybridized carbons (Fsp3) is 0.333. The number of pyridine rings is 1. The van der Waals surface area contributed by atoms with E-state index in [2.05, 4.69) is 59.0 Å². The molecule has 6 heteroatoms. The van der Waals surface area contributed by atoms with Gasteiger partial charge in [0, 0.05) is 24.2 Å². The summed E-state index contributed by atoms with van der Waals surface area (Å²) in [5.41, 5.74) is 6.85. The number of rotatable bonds is 15. The summed E-state index contributed by atoms with van der Waals surface area (Å²) in [6.07, 6.45) is 15.6. The van der Waals surface area contributed by atoms with Crippen LogP contribution in [0, 0.1) is 0 Å². The first-order valence-corrected chi connectivity index (χ1v) is 15.6. The maximum Gasteiger partial charge on any atom is 0.297 e. The van der Waals surface area contributed by atoms with Gasteiger partial charge in [0.05, 0.1) is 5.52 Å². The van der Waals surface area contributed by atoms with Gasteiger partial charge in [-0.2, -0.15) is 0 Å². The van der Waals surface area contributed by atoms with Gasteiger partial charge in [0.15, 0.2) is 5.75 Å². The lowest BCUT2D eigenvalue weighted by Crippen LogP contribution is -2.21. The smallest absolute Gasteiger partial charge is 0.297 e. The van der Waals surface area contributed by atoms with E-state index in [9.17, 15) is 9.59 Å². The van der Waals surface area contributed by atoms with Gasteiger partial charge in [-0.25, -0.2) is 0 Å². The van der Waals surface area contributed by atoms with E-state index in [1.165, 1.54) is 28.4 Å². The molecule has 0 atom stereocenters. The topological polar surface area (TPSA) is 69.6 Å². The zero-order chi connectivity index (χ0) is 32.8. The van der Waals surface area contributed by atoms with Crippen LogP contribution in [0.3, 0.4) is 0 Å². The van der Waals surface area contributed by atoms with Gasteiger partial charge in [0.2, 0.25) is 11.7 Å². The van der Waals surface area contributed by atoms with E-state index in [4.69, 9.17) is 9.47 Å². The van der Waals surface area contributed by atoms with Crippen molar-refractivity contribution >= 4 is 28.6 Å². The number of hydrogen-bond donors (Lipinski definition) is 1. The molecule has 0 aliphatic rings. The van der Waals surface area contributed by atoms with Crippen LogP contribution in [0.2, 0.25) is 0 Å². The number of ether oxygens (including phenoxy) is 2. The molecule has 1 N–H and O–H groups in total. The first-order chi connectivity index (χ1) is 21.5. The molecule has 1 aromatic heterocycles. The van der Waals surface area contributed by atoms with Crippen molar-refractivity contribution in [3.05, 3.63) is 117 Å². The first-order valence-electron chi connectivity index (χ1n) is 15.6. The lowest BCUT2D eigenvalue weighted by Gasteiger charge is -2.17. The molecule has 1 heterocycles. The predicted octanol–water partition coefficient (Wildman–Crippen LogP) is 9.33. The molecule has 0 bridgehead atoms. The second-order valence-corrected chi connectivity index (χ2v) is 11.9. The monoisotopic (exact) mass is 608 g/mol. The van der Waals surface area contributed by atoms with Gasteiger partial charge >= 0.3 is 0 Å². The average molecular weight is 609 g/mol. The van der Waals surface area contributed by atoms with Crippen molar-refractivity contribution in [2.75, 3.05) is 18.5 Å². The number of hydrogen-bond acceptors (Lipinski definition) is 4. The number of carbonyl (C=O) groups excluding carboxylic acids is 1. The molecule has 6 nitrogen and oxygen atoms in total. The lowest BCUT2D eigenvalue weighted by atomic mass is 10.1. The summed E-state index contributed by atoms with van der Waals surface area (Å²) in [5.74, 6) is 0.315. The Kier molecular flexibility index (Phi) is 13.7. The number of anilines is 1. The van der Waals surface area contributed by atoms with E-state index in [0.717, 1.165) is 36.6 Å². The Morgan fingerprint density at radius 1 is 0.778 bits per heavy atom. The molecule has 0 saturated heterocycles. The number of nitrogens with zero attached hydrogens (tertiary/aromatic N) is 1. The molecule has 0 unspecified atom stereocenters. The molecule has 0 radical (unpaired) electrons. The molecule has 45 heavy (non-hydrogen) atoms. The Labute approximate surface area is 268 Å². The second kappa shape index (κ2) is 17.6. The summed E-state index contributed by atoms with van der Waals surface area (Å²) in [6, 6.07) is 15.1. The van der Waals surface area contributed by atoms with E-state index < -0.39 is 0 Å². The van der Waals surface area contributed by atoms with E-state index >= 15 is 0 Å². The minimum Gasteiger partial charge on any atom is -0.485 e. The number of fused-ring (bicyclic) bond motifs is 1. The predicted molar refractivity (Wildman–Crippen MR) is 189 cm³/mol. The molecular formula is C39H48N2O4. The standard InChI is InChI=1S/C39H48N2O4/c1-28(2)13-11-15-30(5)23-25-44-37-34-21-20-33(40-36(42)22-19-32-17-9-8-10-18-32)27-35(34)41(7)39(43)38(37)45-26-24-31(6)16-12-14-29(3)4/h8-10,13-14,17-24,27H,11-12,15-16,25-26H2,1-7H3,(H,40,42). The van der Waals surface area contributed by atoms with Crippen molar-refractivity contribution in [3.63, 3.8) is 0 Å². The van der Waals surface area contributed by atoms with Gasteiger partial charge in [-0.3, -0.25) is 9.59 Å². The van der Waals surface area contributed by atoms with Crippen LogP contribution in [0.25, 0.3) is 17.0 Å². The van der Waals surface area contributed by atoms with Crippen molar-refractivity contribution in [1.82, 2.24) is 4.57 Å². The summed E-state index contributed by atoms with van der Waals surface area (Å²) < 4.78 is 13.9. The zero-order valence-corrected chi connectivity index (χ0v) is 27.9. The Balaban J connectivity index is 1.89. The molecule has 0 aliphatic carbocycles. The van der Waals surface area contributed by atoms with Crippen LogP contribution < -0.4 is 20.3 Å². The van der Waals surface area contributed by atoms with Crippen molar-refractivity contribution in [2.24, 2.45) is 7.05 Å². The Morgan fingerprint density at radius 3 is 1.93 bits per heavy atom. The molecule has 238 valence electrons.